The third kappa shape index (κ3) is 3.65. The number of hydrogen-bond donors (Lipinski definition) is 3. The molecule has 0 aliphatic heterocycles. The Morgan fingerprint density at radius 3 is 2.64 bits per heavy atom. The van der Waals surface area contributed by atoms with Crippen molar-refractivity contribution in [2.45, 2.75) is 64.6 Å². The van der Waals surface area contributed by atoms with Crippen LogP contribution in [0.5, 0.6) is 0 Å². The summed E-state index contributed by atoms with van der Waals surface area (Å²) in [6.45, 7) is 6.37. The molecule has 3 rings (SSSR count). The molecule has 8 heteroatoms. The van der Waals surface area contributed by atoms with Crippen LogP contribution in [0.4, 0.5) is 0 Å². The van der Waals surface area contributed by atoms with Crippen molar-refractivity contribution in [2.75, 3.05) is 0 Å². The number of ether oxygens (including phenoxy) is 1. The molecule has 2 bridgehead atoms. The second kappa shape index (κ2) is 7.24. The van der Waals surface area contributed by atoms with Crippen molar-refractivity contribution in [3.8, 4) is 0 Å². The molecule has 4 N–H and O–H groups in total. The van der Waals surface area contributed by atoms with Gasteiger partial charge in [-0.15, -0.1) is 0 Å². The lowest BCUT2D eigenvalue weighted by Gasteiger charge is -2.42. The minimum absolute atomic E-state index is 0.0821. The number of carboxylic acid groups (broad SMARTS) is 1. The van der Waals surface area contributed by atoms with Gasteiger partial charge in [0.1, 0.15) is 11.9 Å². The predicted octanol–water partition coefficient (Wildman–Crippen LogP) is 2.00. The van der Waals surface area contributed by atoms with Crippen molar-refractivity contribution >= 4 is 17.8 Å². The van der Waals surface area contributed by atoms with Crippen molar-refractivity contribution in [3.05, 3.63) is 24.2 Å². The number of aliphatic carboxylic acids is 1. The van der Waals surface area contributed by atoms with Gasteiger partial charge in [-0.25, -0.2) is 4.79 Å². The Hall–Kier alpha value is -2.35. The molecule has 1 aromatic heterocycles. The fraction of sp³-hybridized carbons (Fsp3) is 0.650. The zero-order chi connectivity index (χ0) is 20.7. The van der Waals surface area contributed by atoms with E-state index in [1.807, 2.05) is 0 Å². The summed E-state index contributed by atoms with van der Waals surface area (Å²) < 4.78 is 11.2. The Kier molecular flexibility index (Phi) is 5.27. The molecule has 0 radical (unpaired) electrons. The molecular weight excluding hydrogens is 364 g/mol. The fourth-order valence-corrected chi connectivity index (χ4v) is 4.97. The van der Waals surface area contributed by atoms with Gasteiger partial charge in [-0.05, 0) is 37.3 Å². The largest absolute Gasteiger partial charge is 0.481 e. The van der Waals surface area contributed by atoms with Crippen molar-refractivity contribution in [2.24, 2.45) is 22.5 Å². The van der Waals surface area contributed by atoms with Crippen LogP contribution in [0.15, 0.2) is 22.8 Å². The predicted molar refractivity (Wildman–Crippen MR) is 98.9 cm³/mol. The second-order valence-corrected chi connectivity index (χ2v) is 8.89. The minimum Gasteiger partial charge on any atom is -0.481 e. The second-order valence-electron chi connectivity index (χ2n) is 8.89. The zero-order valence-electron chi connectivity index (χ0n) is 16.4. The van der Waals surface area contributed by atoms with Crippen LogP contribution in [-0.4, -0.2) is 35.1 Å². The molecule has 1 amide bonds. The van der Waals surface area contributed by atoms with E-state index in [-0.39, 0.29) is 22.7 Å². The van der Waals surface area contributed by atoms with Crippen LogP contribution in [0.2, 0.25) is 0 Å². The highest BCUT2D eigenvalue weighted by molar-refractivity contribution is 5.90. The van der Waals surface area contributed by atoms with E-state index in [0.29, 0.717) is 5.92 Å². The molecule has 0 saturated heterocycles. The summed E-state index contributed by atoms with van der Waals surface area (Å²) in [5.74, 6) is -1.86. The third-order valence-electron chi connectivity index (χ3n) is 6.45. The van der Waals surface area contributed by atoms with Gasteiger partial charge in [-0.3, -0.25) is 9.59 Å². The fourth-order valence-electron chi connectivity index (χ4n) is 4.97. The van der Waals surface area contributed by atoms with E-state index in [9.17, 15) is 14.4 Å². The topological polar surface area (TPSA) is 132 Å². The summed E-state index contributed by atoms with van der Waals surface area (Å²) in [4.78, 5) is 36.1. The van der Waals surface area contributed by atoms with Crippen LogP contribution in [0.1, 0.15) is 58.3 Å². The Labute approximate surface area is 163 Å². The number of esters is 1. The quantitative estimate of drug-likeness (QED) is 0.605. The molecule has 1 aromatic rings. The van der Waals surface area contributed by atoms with Crippen molar-refractivity contribution in [3.63, 3.8) is 0 Å². The van der Waals surface area contributed by atoms with Gasteiger partial charge < -0.3 is 25.3 Å². The Balaban J connectivity index is 1.77. The first-order valence-electron chi connectivity index (χ1n) is 9.56. The molecule has 5 atom stereocenters. The van der Waals surface area contributed by atoms with Gasteiger partial charge in [0, 0.05) is 10.8 Å². The SMILES string of the molecule is CC1(C)[C@@H]2CC[C@@](C)(C2)[C@@H]1OC(=O)C(NC(=O)[C@@H](N)CC(=O)O)c1ccco1. The standard InChI is InChI=1S/C20H28N2O6/c1-19(2)11-6-7-20(3,10-11)18(19)28-17(26)15(13-5-4-8-27-13)22-16(25)12(21)9-14(23)24/h4-5,8,11-12,15,18H,6-7,9-10,21H2,1-3H3,(H,22,25)(H,23,24)/t11-,12+,15?,18-,20+/m1/s1. The summed E-state index contributed by atoms with van der Waals surface area (Å²) in [7, 11) is 0. The number of hydrogen-bond acceptors (Lipinski definition) is 6. The molecule has 8 nitrogen and oxygen atoms in total. The molecule has 2 saturated carbocycles. The van der Waals surface area contributed by atoms with E-state index in [1.165, 1.54) is 6.26 Å². The molecule has 2 aliphatic carbocycles. The lowest BCUT2D eigenvalue weighted by molar-refractivity contribution is -0.168. The summed E-state index contributed by atoms with van der Waals surface area (Å²) in [6.07, 6.45) is 3.72. The number of furan rings is 1. The van der Waals surface area contributed by atoms with Crippen LogP contribution in [-0.2, 0) is 19.1 Å². The normalized spacial score (nSPS) is 29.9. The molecule has 2 aliphatic rings. The summed E-state index contributed by atoms with van der Waals surface area (Å²) >= 11 is 0. The number of fused-ring (bicyclic) bond motifs is 2. The average Bonchev–Trinajstić information content (AvgIpc) is 3.29. The number of nitrogens with one attached hydrogen (secondary N) is 1. The lowest BCUT2D eigenvalue weighted by atomic mass is 9.70. The van der Waals surface area contributed by atoms with Crippen LogP contribution in [0.25, 0.3) is 0 Å². The maximum atomic E-state index is 13.0. The van der Waals surface area contributed by atoms with E-state index >= 15 is 0 Å². The maximum absolute atomic E-state index is 13.0. The molecular formula is C20H28N2O6. The summed E-state index contributed by atoms with van der Waals surface area (Å²) in [6, 6.07) is 0.699. The monoisotopic (exact) mass is 392 g/mol. The van der Waals surface area contributed by atoms with E-state index in [0.717, 1.165) is 19.3 Å². The molecule has 154 valence electrons. The van der Waals surface area contributed by atoms with Crippen LogP contribution in [0, 0.1) is 16.7 Å². The molecule has 0 spiro atoms. The first-order valence-corrected chi connectivity index (χ1v) is 9.56. The van der Waals surface area contributed by atoms with Crippen molar-refractivity contribution < 1.29 is 28.6 Å². The highest BCUT2D eigenvalue weighted by Gasteiger charge is 2.61. The smallest absolute Gasteiger partial charge is 0.336 e. The van der Waals surface area contributed by atoms with E-state index < -0.39 is 36.4 Å². The number of carboxylic acids is 1. The van der Waals surface area contributed by atoms with Crippen molar-refractivity contribution in [1.29, 1.82) is 0 Å². The van der Waals surface area contributed by atoms with Gasteiger partial charge >= 0.3 is 11.9 Å². The number of amides is 1. The number of carbonyl (C=O) groups excluding carboxylic acids is 2. The zero-order valence-corrected chi connectivity index (χ0v) is 16.4. The molecule has 2 fully saturated rings. The van der Waals surface area contributed by atoms with Gasteiger partial charge in [-0.1, -0.05) is 20.8 Å². The van der Waals surface area contributed by atoms with Crippen molar-refractivity contribution in [1.82, 2.24) is 5.32 Å². The van der Waals surface area contributed by atoms with Gasteiger partial charge in [0.05, 0.1) is 18.7 Å². The lowest BCUT2D eigenvalue weighted by Crippen LogP contribution is -2.48. The minimum atomic E-state index is -1.28. The van der Waals surface area contributed by atoms with E-state index in [2.05, 4.69) is 26.1 Å². The Morgan fingerprint density at radius 2 is 2.11 bits per heavy atom. The molecule has 1 unspecified atom stereocenters. The molecule has 28 heavy (non-hydrogen) atoms. The van der Waals surface area contributed by atoms with Gasteiger partial charge in [-0.2, -0.15) is 0 Å². The Bertz CT molecular complexity index is 754. The first kappa shape index (κ1) is 20.4. The van der Waals surface area contributed by atoms with E-state index in [4.69, 9.17) is 20.0 Å². The maximum Gasteiger partial charge on any atom is 0.336 e. The number of carbonyl (C=O) groups is 3. The van der Waals surface area contributed by atoms with Crippen LogP contribution >= 0.6 is 0 Å². The molecule has 0 aromatic carbocycles. The van der Waals surface area contributed by atoms with Crippen LogP contribution in [0.3, 0.4) is 0 Å². The number of nitrogens with two attached hydrogens (primary N) is 1. The van der Waals surface area contributed by atoms with Gasteiger partial charge in [0.15, 0.2) is 6.04 Å². The Morgan fingerprint density at radius 1 is 1.39 bits per heavy atom. The summed E-state index contributed by atoms with van der Waals surface area (Å²) in [5.41, 5.74) is 5.39. The summed E-state index contributed by atoms with van der Waals surface area (Å²) in [5, 5.41) is 11.3. The average molecular weight is 392 g/mol. The highest BCUT2D eigenvalue weighted by Crippen LogP contribution is 2.63. The molecule has 1 heterocycles. The first-order chi connectivity index (χ1) is 13.0. The highest BCUT2D eigenvalue weighted by atomic mass is 16.5. The van der Waals surface area contributed by atoms with E-state index in [1.54, 1.807) is 12.1 Å². The van der Waals surface area contributed by atoms with Crippen LogP contribution < -0.4 is 11.1 Å². The van der Waals surface area contributed by atoms with Gasteiger partial charge in [0.25, 0.3) is 0 Å². The number of rotatable bonds is 7. The van der Waals surface area contributed by atoms with Gasteiger partial charge in [0.2, 0.25) is 5.91 Å². The third-order valence-corrected chi connectivity index (χ3v) is 6.45.